The lowest BCUT2D eigenvalue weighted by molar-refractivity contribution is 0.0854. The molecule has 0 bridgehead atoms. The molecule has 0 saturated carbocycles. The minimum absolute atomic E-state index is 0.0902. The molecule has 3 nitrogen and oxygen atoms in total. The van der Waals surface area contributed by atoms with E-state index in [0.29, 0.717) is 5.92 Å². The number of carbonyl (C=O) groups is 1. The number of rotatable bonds is 3. The normalized spacial score (nSPS) is 17.4. The minimum Gasteiger partial charge on any atom is -0.316 e. The number of pyridine rings is 1. The average Bonchev–Trinajstić information content (AvgIpc) is 2.35. The van der Waals surface area contributed by atoms with Crippen LogP contribution in [0.25, 0.3) is 10.9 Å². The Hall–Kier alpha value is -1.74. The van der Waals surface area contributed by atoms with Gasteiger partial charge in [0.15, 0.2) is 5.78 Å². The largest absolute Gasteiger partial charge is 0.316 e. The van der Waals surface area contributed by atoms with E-state index in [4.69, 9.17) is 0 Å². The van der Waals surface area contributed by atoms with Gasteiger partial charge in [0, 0.05) is 23.1 Å². The fourth-order valence-electron chi connectivity index (χ4n) is 2.36. The molecule has 92 valence electrons. The number of carbonyl (C=O) groups excluding carboxylic acids is 1. The Kier molecular flexibility index (Phi) is 2.84. The van der Waals surface area contributed by atoms with Crippen LogP contribution in [0.5, 0.6) is 0 Å². The quantitative estimate of drug-likeness (QED) is 0.837. The number of nitrogens with one attached hydrogen (secondary N) is 1. The summed E-state index contributed by atoms with van der Waals surface area (Å²) >= 11 is 0. The number of hydrogen-bond acceptors (Lipinski definition) is 3. The highest BCUT2D eigenvalue weighted by Gasteiger charge is 2.29. The van der Waals surface area contributed by atoms with Crippen LogP contribution in [-0.4, -0.2) is 23.9 Å². The molecule has 1 N–H and O–H groups in total. The van der Waals surface area contributed by atoms with Gasteiger partial charge in [-0.3, -0.25) is 9.78 Å². The van der Waals surface area contributed by atoms with Crippen LogP contribution in [0, 0.1) is 11.8 Å². The standard InChI is InChI=1S/C15H16N2O/c1-10(13-8-16-9-13)15(18)12-5-4-11-3-2-6-17-14(11)7-12/h2-7,10,13,16H,8-9H2,1H3. The summed E-state index contributed by atoms with van der Waals surface area (Å²) in [7, 11) is 0. The van der Waals surface area contributed by atoms with Gasteiger partial charge in [0.05, 0.1) is 5.52 Å². The predicted molar refractivity (Wildman–Crippen MR) is 71.6 cm³/mol. The van der Waals surface area contributed by atoms with Crippen molar-refractivity contribution in [3.8, 4) is 0 Å². The Morgan fingerprint density at radius 2 is 2.22 bits per heavy atom. The van der Waals surface area contributed by atoms with Crippen molar-refractivity contribution in [2.75, 3.05) is 13.1 Å². The van der Waals surface area contributed by atoms with Gasteiger partial charge in [-0.15, -0.1) is 0 Å². The fourth-order valence-corrected chi connectivity index (χ4v) is 2.36. The Labute approximate surface area is 106 Å². The zero-order valence-corrected chi connectivity index (χ0v) is 10.4. The minimum atomic E-state index is 0.0902. The maximum Gasteiger partial charge on any atom is 0.166 e. The van der Waals surface area contributed by atoms with Crippen LogP contribution in [0.15, 0.2) is 36.5 Å². The molecule has 3 heteroatoms. The molecule has 1 unspecified atom stereocenters. The van der Waals surface area contributed by atoms with Crippen LogP contribution in [-0.2, 0) is 0 Å². The Balaban J connectivity index is 1.91. The van der Waals surface area contributed by atoms with Crippen molar-refractivity contribution in [1.29, 1.82) is 0 Å². The molecule has 1 aliphatic rings. The van der Waals surface area contributed by atoms with E-state index >= 15 is 0 Å². The van der Waals surface area contributed by atoms with Crippen LogP contribution < -0.4 is 5.32 Å². The maximum atomic E-state index is 12.4. The fraction of sp³-hybridized carbons (Fsp3) is 0.333. The molecule has 1 atom stereocenters. The first-order chi connectivity index (χ1) is 8.75. The molecule has 1 fully saturated rings. The summed E-state index contributed by atoms with van der Waals surface area (Å²) in [5, 5.41) is 4.29. The van der Waals surface area contributed by atoms with Gasteiger partial charge in [-0.05, 0) is 31.1 Å². The van der Waals surface area contributed by atoms with Gasteiger partial charge in [0.25, 0.3) is 0 Å². The first kappa shape index (κ1) is 11.4. The monoisotopic (exact) mass is 240 g/mol. The van der Waals surface area contributed by atoms with Crippen LogP contribution in [0.3, 0.4) is 0 Å². The molecule has 1 saturated heterocycles. The molecule has 2 heterocycles. The van der Waals surface area contributed by atoms with Gasteiger partial charge in [0.1, 0.15) is 0 Å². The Morgan fingerprint density at radius 1 is 1.39 bits per heavy atom. The Bertz CT molecular complexity index is 590. The van der Waals surface area contributed by atoms with Crippen molar-refractivity contribution in [3.05, 3.63) is 42.1 Å². The zero-order chi connectivity index (χ0) is 12.5. The molecule has 0 amide bonds. The van der Waals surface area contributed by atoms with E-state index in [-0.39, 0.29) is 11.7 Å². The van der Waals surface area contributed by atoms with E-state index in [0.717, 1.165) is 29.6 Å². The number of Topliss-reactive ketones (excluding diaryl/α,β-unsaturated/α-hetero) is 1. The van der Waals surface area contributed by atoms with E-state index in [1.807, 2.05) is 37.3 Å². The predicted octanol–water partition coefficient (Wildman–Crippen LogP) is 2.27. The van der Waals surface area contributed by atoms with Crippen LogP contribution in [0.2, 0.25) is 0 Å². The van der Waals surface area contributed by atoms with Gasteiger partial charge in [-0.2, -0.15) is 0 Å². The maximum absolute atomic E-state index is 12.4. The van der Waals surface area contributed by atoms with E-state index < -0.39 is 0 Å². The summed E-state index contributed by atoms with van der Waals surface area (Å²) in [5.74, 6) is 0.804. The molecule has 2 aromatic rings. The van der Waals surface area contributed by atoms with Gasteiger partial charge < -0.3 is 5.32 Å². The molecule has 1 aromatic heterocycles. The topological polar surface area (TPSA) is 42.0 Å². The number of aromatic nitrogens is 1. The number of fused-ring (bicyclic) bond motifs is 1. The average molecular weight is 240 g/mol. The van der Waals surface area contributed by atoms with Crippen molar-refractivity contribution in [2.45, 2.75) is 6.92 Å². The molecular formula is C15H16N2O. The summed E-state index contributed by atoms with van der Waals surface area (Å²) in [5.41, 5.74) is 1.67. The molecule has 0 aliphatic carbocycles. The van der Waals surface area contributed by atoms with Gasteiger partial charge in [0.2, 0.25) is 0 Å². The third-order valence-electron chi connectivity index (χ3n) is 3.82. The van der Waals surface area contributed by atoms with E-state index in [9.17, 15) is 4.79 Å². The van der Waals surface area contributed by atoms with Crippen molar-refractivity contribution < 1.29 is 4.79 Å². The van der Waals surface area contributed by atoms with Crippen molar-refractivity contribution in [3.63, 3.8) is 0 Å². The summed E-state index contributed by atoms with van der Waals surface area (Å²) < 4.78 is 0. The highest BCUT2D eigenvalue weighted by atomic mass is 16.1. The summed E-state index contributed by atoms with van der Waals surface area (Å²) in [4.78, 5) is 16.7. The van der Waals surface area contributed by atoms with Crippen molar-refractivity contribution >= 4 is 16.7 Å². The van der Waals surface area contributed by atoms with Gasteiger partial charge in [-0.25, -0.2) is 0 Å². The number of nitrogens with zero attached hydrogens (tertiary/aromatic N) is 1. The summed E-state index contributed by atoms with van der Waals surface area (Å²) in [6.45, 7) is 3.94. The number of hydrogen-bond donors (Lipinski definition) is 1. The molecular weight excluding hydrogens is 224 g/mol. The lowest BCUT2D eigenvalue weighted by Crippen LogP contribution is -2.47. The van der Waals surface area contributed by atoms with Crippen molar-refractivity contribution in [2.24, 2.45) is 11.8 Å². The van der Waals surface area contributed by atoms with E-state index in [2.05, 4.69) is 10.3 Å². The van der Waals surface area contributed by atoms with E-state index in [1.165, 1.54) is 0 Å². The summed E-state index contributed by atoms with van der Waals surface area (Å²) in [6, 6.07) is 9.71. The third-order valence-corrected chi connectivity index (χ3v) is 3.82. The van der Waals surface area contributed by atoms with Crippen LogP contribution >= 0.6 is 0 Å². The second-order valence-electron chi connectivity index (χ2n) is 4.98. The number of ketones is 1. The van der Waals surface area contributed by atoms with E-state index in [1.54, 1.807) is 6.20 Å². The molecule has 18 heavy (non-hydrogen) atoms. The SMILES string of the molecule is CC(C(=O)c1ccc2cccnc2c1)C1CNC1. The van der Waals surface area contributed by atoms with Crippen LogP contribution in [0.4, 0.5) is 0 Å². The lowest BCUT2D eigenvalue weighted by atomic mass is 9.83. The van der Waals surface area contributed by atoms with Gasteiger partial charge >= 0.3 is 0 Å². The summed E-state index contributed by atoms with van der Waals surface area (Å²) in [6.07, 6.45) is 1.76. The second-order valence-corrected chi connectivity index (χ2v) is 4.98. The number of benzene rings is 1. The highest BCUT2D eigenvalue weighted by Crippen LogP contribution is 2.22. The molecule has 0 radical (unpaired) electrons. The molecule has 1 aliphatic heterocycles. The second kappa shape index (κ2) is 4.50. The molecule has 1 aromatic carbocycles. The molecule has 3 rings (SSSR count). The van der Waals surface area contributed by atoms with Crippen LogP contribution in [0.1, 0.15) is 17.3 Å². The Morgan fingerprint density at radius 3 is 2.94 bits per heavy atom. The first-order valence-electron chi connectivity index (χ1n) is 6.35. The first-order valence-corrected chi connectivity index (χ1v) is 6.35. The molecule has 0 spiro atoms. The van der Waals surface area contributed by atoms with Crippen molar-refractivity contribution in [1.82, 2.24) is 10.3 Å². The third kappa shape index (κ3) is 1.91. The zero-order valence-electron chi connectivity index (χ0n) is 10.4. The lowest BCUT2D eigenvalue weighted by Gasteiger charge is -2.31. The smallest absolute Gasteiger partial charge is 0.166 e. The van der Waals surface area contributed by atoms with Gasteiger partial charge in [-0.1, -0.05) is 25.1 Å². The highest BCUT2D eigenvalue weighted by molar-refractivity contribution is 6.00.